The van der Waals surface area contributed by atoms with Gasteiger partial charge in [-0.2, -0.15) is 0 Å². The van der Waals surface area contributed by atoms with Crippen LogP contribution in [0.1, 0.15) is 42.9 Å². The maximum absolute atomic E-state index is 11.0. The third-order valence-corrected chi connectivity index (χ3v) is 3.52. The lowest BCUT2D eigenvalue weighted by atomic mass is 9.87. The molecule has 4 heteroatoms. The highest BCUT2D eigenvalue weighted by atomic mass is 16.5. The second kappa shape index (κ2) is 6.57. The van der Waals surface area contributed by atoms with Crippen molar-refractivity contribution < 1.29 is 14.3 Å². The first-order valence-corrected chi connectivity index (χ1v) is 6.79. The molecule has 0 spiro atoms. The van der Waals surface area contributed by atoms with Gasteiger partial charge in [0.15, 0.2) is 0 Å². The summed E-state index contributed by atoms with van der Waals surface area (Å²) < 4.78 is 10.4. The van der Waals surface area contributed by atoms with Crippen LogP contribution in [-0.4, -0.2) is 19.7 Å². The van der Waals surface area contributed by atoms with Gasteiger partial charge >= 0.3 is 5.97 Å². The lowest BCUT2D eigenvalue weighted by molar-refractivity contribution is -0.140. The van der Waals surface area contributed by atoms with E-state index in [9.17, 15) is 4.79 Å². The zero-order chi connectivity index (χ0) is 13.7. The molecule has 0 bridgehead atoms. The molecule has 4 nitrogen and oxygen atoms in total. The van der Waals surface area contributed by atoms with E-state index in [0.29, 0.717) is 19.4 Å². The summed E-state index contributed by atoms with van der Waals surface area (Å²) in [6.45, 7) is 0.529. The van der Waals surface area contributed by atoms with Gasteiger partial charge in [-0.1, -0.05) is 12.1 Å². The second-order valence-electron chi connectivity index (χ2n) is 4.85. The average molecular weight is 263 g/mol. The highest BCUT2D eigenvalue weighted by Gasteiger charge is 2.19. The number of nitrogens with two attached hydrogens (primary N) is 1. The van der Waals surface area contributed by atoms with Crippen molar-refractivity contribution in [3.05, 3.63) is 29.3 Å². The van der Waals surface area contributed by atoms with Gasteiger partial charge in [0, 0.05) is 12.5 Å². The number of fused-ring (bicyclic) bond motifs is 1. The van der Waals surface area contributed by atoms with Crippen LogP contribution in [0.4, 0.5) is 0 Å². The Labute approximate surface area is 113 Å². The summed E-state index contributed by atoms with van der Waals surface area (Å²) in [7, 11) is 1.40. The first-order chi connectivity index (χ1) is 9.22. The molecule has 0 aromatic heterocycles. The molecule has 2 N–H and O–H groups in total. The van der Waals surface area contributed by atoms with Crippen LogP contribution in [-0.2, 0) is 16.0 Å². The third-order valence-electron chi connectivity index (χ3n) is 3.52. The molecule has 0 heterocycles. The van der Waals surface area contributed by atoms with Crippen molar-refractivity contribution in [3.63, 3.8) is 0 Å². The van der Waals surface area contributed by atoms with Gasteiger partial charge in [0.25, 0.3) is 0 Å². The molecule has 0 saturated carbocycles. The number of carbonyl (C=O) groups is 1. The Balaban J connectivity index is 1.94. The quantitative estimate of drug-likeness (QED) is 0.654. The number of esters is 1. The zero-order valence-electron chi connectivity index (χ0n) is 11.4. The first-order valence-electron chi connectivity index (χ1n) is 6.79. The maximum Gasteiger partial charge on any atom is 0.305 e. The number of ether oxygens (including phenoxy) is 2. The summed E-state index contributed by atoms with van der Waals surface area (Å²) in [5.41, 5.74) is 8.55. The molecule has 19 heavy (non-hydrogen) atoms. The zero-order valence-corrected chi connectivity index (χ0v) is 11.4. The van der Waals surface area contributed by atoms with Gasteiger partial charge in [-0.05, 0) is 42.9 Å². The molecule has 1 atom stereocenters. The van der Waals surface area contributed by atoms with Crippen LogP contribution in [0.2, 0.25) is 0 Å². The molecule has 1 aliphatic rings. The fraction of sp³-hybridized carbons (Fsp3) is 0.533. The molecule has 0 amide bonds. The summed E-state index contributed by atoms with van der Waals surface area (Å²) >= 11 is 0. The second-order valence-corrected chi connectivity index (χ2v) is 4.85. The predicted molar refractivity (Wildman–Crippen MR) is 73.1 cm³/mol. The lowest BCUT2D eigenvalue weighted by Gasteiger charge is -2.24. The smallest absolute Gasteiger partial charge is 0.305 e. The molecular weight excluding hydrogens is 242 g/mol. The summed E-state index contributed by atoms with van der Waals surface area (Å²) in [6.07, 6.45) is 4.24. The van der Waals surface area contributed by atoms with Gasteiger partial charge in [0.05, 0.1) is 13.7 Å². The van der Waals surface area contributed by atoms with E-state index in [4.69, 9.17) is 10.5 Å². The van der Waals surface area contributed by atoms with E-state index in [1.54, 1.807) is 0 Å². The fourth-order valence-electron chi connectivity index (χ4n) is 2.49. The van der Waals surface area contributed by atoms with Gasteiger partial charge in [0.2, 0.25) is 0 Å². The Morgan fingerprint density at radius 1 is 1.47 bits per heavy atom. The standard InChI is InChI=1S/C15H21NO3/c1-18-15(17)9-4-10-19-14-8-3-5-11-12(14)6-2-7-13(11)16/h3,5,8,13H,2,4,6-7,9-10,16H2,1H3. The molecule has 2 rings (SSSR count). The summed E-state index contributed by atoms with van der Waals surface area (Å²) in [5.74, 6) is 0.721. The van der Waals surface area contributed by atoms with Crippen LogP contribution < -0.4 is 10.5 Å². The Kier molecular flexibility index (Phi) is 4.80. The minimum Gasteiger partial charge on any atom is -0.493 e. The van der Waals surface area contributed by atoms with Gasteiger partial charge in [-0.25, -0.2) is 0 Å². The molecule has 0 saturated heterocycles. The average Bonchev–Trinajstić information content (AvgIpc) is 2.44. The molecule has 0 radical (unpaired) electrons. The highest BCUT2D eigenvalue weighted by molar-refractivity contribution is 5.69. The van der Waals surface area contributed by atoms with E-state index in [2.05, 4.69) is 10.8 Å². The van der Waals surface area contributed by atoms with Crippen LogP contribution >= 0.6 is 0 Å². The van der Waals surface area contributed by atoms with Crippen LogP contribution in [0, 0.1) is 0 Å². The van der Waals surface area contributed by atoms with Crippen molar-refractivity contribution in [1.29, 1.82) is 0 Å². The van der Waals surface area contributed by atoms with E-state index in [1.165, 1.54) is 18.2 Å². The molecule has 104 valence electrons. The molecule has 1 unspecified atom stereocenters. The Hall–Kier alpha value is -1.55. The van der Waals surface area contributed by atoms with Gasteiger partial charge < -0.3 is 15.2 Å². The summed E-state index contributed by atoms with van der Waals surface area (Å²) in [4.78, 5) is 11.0. The minimum absolute atomic E-state index is 0.127. The largest absolute Gasteiger partial charge is 0.493 e. The van der Waals surface area contributed by atoms with Gasteiger partial charge in [-0.3, -0.25) is 4.79 Å². The van der Waals surface area contributed by atoms with Crippen LogP contribution in [0.5, 0.6) is 5.75 Å². The maximum atomic E-state index is 11.0. The fourth-order valence-corrected chi connectivity index (χ4v) is 2.49. The Morgan fingerprint density at radius 3 is 3.11 bits per heavy atom. The van der Waals surface area contributed by atoms with Crippen LogP contribution in [0.3, 0.4) is 0 Å². The number of benzene rings is 1. The van der Waals surface area contributed by atoms with Crippen LogP contribution in [0.25, 0.3) is 0 Å². The lowest BCUT2D eigenvalue weighted by Crippen LogP contribution is -2.18. The Morgan fingerprint density at radius 2 is 2.32 bits per heavy atom. The number of hydrogen-bond acceptors (Lipinski definition) is 4. The van der Waals surface area contributed by atoms with Crippen molar-refractivity contribution in [2.45, 2.75) is 38.1 Å². The predicted octanol–water partition coefficient (Wildman–Crippen LogP) is 2.35. The van der Waals surface area contributed by atoms with E-state index in [0.717, 1.165) is 25.0 Å². The molecule has 0 aliphatic heterocycles. The van der Waals surface area contributed by atoms with Crippen molar-refractivity contribution in [2.75, 3.05) is 13.7 Å². The van der Waals surface area contributed by atoms with Gasteiger partial charge in [-0.15, -0.1) is 0 Å². The van der Waals surface area contributed by atoms with Gasteiger partial charge in [0.1, 0.15) is 5.75 Å². The molecule has 1 aromatic carbocycles. The van der Waals surface area contributed by atoms with E-state index < -0.39 is 0 Å². The van der Waals surface area contributed by atoms with E-state index in [1.807, 2.05) is 12.1 Å². The molecule has 1 aliphatic carbocycles. The normalized spacial score (nSPS) is 17.7. The van der Waals surface area contributed by atoms with E-state index >= 15 is 0 Å². The Bertz CT molecular complexity index is 445. The molecule has 1 aromatic rings. The van der Waals surface area contributed by atoms with Crippen molar-refractivity contribution in [1.82, 2.24) is 0 Å². The third kappa shape index (κ3) is 3.47. The number of carbonyl (C=O) groups excluding carboxylic acids is 1. The number of rotatable bonds is 5. The number of hydrogen-bond donors (Lipinski definition) is 1. The molecular formula is C15H21NO3. The van der Waals surface area contributed by atoms with Crippen LogP contribution in [0.15, 0.2) is 18.2 Å². The SMILES string of the molecule is COC(=O)CCCOc1cccc2c1CCCC2N. The summed E-state index contributed by atoms with van der Waals surface area (Å²) in [6, 6.07) is 6.18. The summed E-state index contributed by atoms with van der Waals surface area (Å²) in [5, 5.41) is 0. The van der Waals surface area contributed by atoms with Crippen molar-refractivity contribution >= 4 is 5.97 Å². The molecule has 0 fully saturated rings. The van der Waals surface area contributed by atoms with Crippen molar-refractivity contribution in [3.8, 4) is 5.75 Å². The van der Waals surface area contributed by atoms with E-state index in [-0.39, 0.29) is 12.0 Å². The highest BCUT2D eigenvalue weighted by Crippen LogP contribution is 2.34. The first kappa shape index (κ1) is 13.9. The minimum atomic E-state index is -0.194. The topological polar surface area (TPSA) is 61.5 Å². The number of methoxy groups -OCH3 is 1. The van der Waals surface area contributed by atoms with Crippen molar-refractivity contribution in [2.24, 2.45) is 5.73 Å². The monoisotopic (exact) mass is 263 g/mol.